The molecule has 1 N–H and O–H groups in total. The van der Waals surface area contributed by atoms with E-state index in [0.29, 0.717) is 34.6 Å². The summed E-state index contributed by atoms with van der Waals surface area (Å²) in [6.45, 7) is 6.07. The molecule has 0 radical (unpaired) electrons. The SMILES string of the molecule is CC(C)CN(CC1=CC(Oc2ccc(F)cc2)C(C)C(CN(Cc2ccc(F)cc2)S(=O)(=O)c2cc(Cl)cc(Cl)c2O)=C1)C(=O)c1cccnc1. The zero-order valence-electron chi connectivity index (χ0n) is 28.1. The van der Waals surface area contributed by atoms with Gasteiger partial charge in [-0.15, -0.1) is 0 Å². The highest BCUT2D eigenvalue weighted by atomic mass is 35.5. The zero-order valence-corrected chi connectivity index (χ0v) is 30.5. The van der Waals surface area contributed by atoms with Crippen LogP contribution >= 0.6 is 23.2 Å². The molecule has 0 saturated heterocycles. The first kappa shape index (κ1) is 38.0. The molecule has 8 nitrogen and oxygen atoms in total. The Labute approximate surface area is 306 Å². The Balaban J connectivity index is 1.57. The van der Waals surface area contributed by atoms with Crippen LogP contribution in [0.15, 0.2) is 113 Å². The molecule has 0 bridgehead atoms. The van der Waals surface area contributed by atoms with Gasteiger partial charge in [0.1, 0.15) is 28.4 Å². The van der Waals surface area contributed by atoms with Crippen molar-refractivity contribution in [3.8, 4) is 11.5 Å². The van der Waals surface area contributed by atoms with Crippen LogP contribution in [0.1, 0.15) is 36.7 Å². The number of carbonyl (C=O) groups excluding carboxylic acids is 1. The van der Waals surface area contributed by atoms with Gasteiger partial charge in [0.15, 0.2) is 5.75 Å². The lowest BCUT2D eigenvalue weighted by Gasteiger charge is -2.34. The van der Waals surface area contributed by atoms with E-state index in [2.05, 4.69) is 4.98 Å². The largest absolute Gasteiger partial charge is 0.505 e. The van der Waals surface area contributed by atoms with E-state index in [0.717, 1.165) is 10.4 Å². The molecule has 13 heteroatoms. The fraction of sp³-hybridized carbons (Fsp3) is 0.263. The molecule has 1 aliphatic rings. The van der Waals surface area contributed by atoms with E-state index in [1.54, 1.807) is 23.2 Å². The third-order valence-electron chi connectivity index (χ3n) is 8.31. The maximum atomic E-state index is 14.3. The molecule has 0 aliphatic heterocycles. The predicted molar refractivity (Wildman–Crippen MR) is 193 cm³/mol. The van der Waals surface area contributed by atoms with Crippen molar-refractivity contribution >= 4 is 39.1 Å². The number of carbonyl (C=O) groups is 1. The molecule has 5 rings (SSSR count). The zero-order chi connectivity index (χ0) is 36.9. The predicted octanol–water partition coefficient (Wildman–Crippen LogP) is 8.31. The van der Waals surface area contributed by atoms with Crippen molar-refractivity contribution in [2.24, 2.45) is 11.8 Å². The Morgan fingerprint density at radius 2 is 1.65 bits per heavy atom. The number of phenols is 1. The van der Waals surface area contributed by atoms with E-state index in [1.807, 2.05) is 32.9 Å². The second-order valence-electron chi connectivity index (χ2n) is 12.7. The van der Waals surface area contributed by atoms with E-state index in [-0.39, 0.29) is 41.5 Å². The minimum atomic E-state index is -4.49. The molecule has 3 aromatic carbocycles. The van der Waals surface area contributed by atoms with Crippen LogP contribution in [0.5, 0.6) is 11.5 Å². The lowest BCUT2D eigenvalue weighted by Crippen LogP contribution is -2.39. The normalized spacial score (nSPS) is 16.2. The van der Waals surface area contributed by atoms with Crippen molar-refractivity contribution in [2.45, 2.75) is 38.3 Å². The van der Waals surface area contributed by atoms with Crippen LogP contribution in [-0.2, 0) is 16.6 Å². The molecule has 0 saturated carbocycles. The van der Waals surface area contributed by atoms with E-state index in [9.17, 15) is 27.1 Å². The van der Waals surface area contributed by atoms with Gasteiger partial charge < -0.3 is 14.7 Å². The van der Waals surface area contributed by atoms with Crippen molar-refractivity contribution in [1.82, 2.24) is 14.2 Å². The average Bonchev–Trinajstić information content (AvgIpc) is 3.09. The first-order chi connectivity index (χ1) is 24.2. The molecule has 1 amide bonds. The molecule has 1 aromatic heterocycles. The van der Waals surface area contributed by atoms with Gasteiger partial charge in [-0.1, -0.05) is 62.2 Å². The van der Waals surface area contributed by atoms with Crippen LogP contribution in [0.25, 0.3) is 0 Å². The number of aromatic nitrogens is 1. The molecule has 2 unspecified atom stereocenters. The minimum absolute atomic E-state index is 0.00451. The topological polar surface area (TPSA) is 100 Å². The van der Waals surface area contributed by atoms with Crippen molar-refractivity contribution < 1.29 is 31.8 Å². The Morgan fingerprint density at radius 1 is 0.980 bits per heavy atom. The third kappa shape index (κ3) is 9.53. The number of hydrogen-bond donors (Lipinski definition) is 1. The molecule has 1 aliphatic carbocycles. The molecular weight excluding hydrogens is 719 g/mol. The summed E-state index contributed by atoms with van der Waals surface area (Å²) in [4.78, 5) is 19.0. The van der Waals surface area contributed by atoms with Gasteiger partial charge in [0.2, 0.25) is 10.0 Å². The fourth-order valence-electron chi connectivity index (χ4n) is 5.73. The Bertz CT molecular complexity index is 2030. The molecule has 4 aromatic rings. The first-order valence-corrected chi connectivity index (χ1v) is 18.4. The van der Waals surface area contributed by atoms with E-state index in [1.165, 1.54) is 60.8 Å². The Morgan fingerprint density at radius 3 is 2.27 bits per heavy atom. The monoisotopic (exact) mass is 755 g/mol. The number of sulfonamides is 1. The van der Waals surface area contributed by atoms with Crippen LogP contribution in [0.4, 0.5) is 8.78 Å². The number of aromatic hydroxyl groups is 1. The average molecular weight is 757 g/mol. The van der Waals surface area contributed by atoms with E-state index in [4.69, 9.17) is 27.9 Å². The Kier molecular flexibility index (Phi) is 12.2. The molecule has 0 spiro atoms. The van der Waals surface area contributed by atoms with Gasteiger partial charge in [0, 0.05) is 49.5 Å². The molecule has 268 valence electrons. The summed E-state index contributed by atoms with van der Waals surface area (Å²) < 4.78 is 63.8. The number of phenolic OH excluding ortho intramolecular Hbond substituents is 1. The van der Waals surface area contributed by atoms with Crippen molar-refractivity contribution in [3.63, 3.8) is 0 Å². The van der Waals surface area contributed by atoms with Gasteiger partial charge in [-0.2, -0.15) is 4.31 Å². The number of amides is 1. The lowest BCUT2D eigenvalue weighted by molar-refractivity contribution is 0.0751. The molecule has 0 fully saturated rings. The number of nitrogens with zero attached hydrogens (tertiary/aromatic N) is 3. The van der Waals surface area contributed by atoms with Gasteiger partial charge >= 0.3 is 0 Å². The standard InChI is InChI=1S/C38H37Cl2F2N3O5S/c1-24(2)20-44(38(47)28-5-4-14-43-19-28)21-27-15-29(25(3)35(16-27)50-33-12-10-32(42)11-13-33)23-45(22-26-6-8-31(41)9-7-26)51(48,49)36-18-30(39)17-34(40)37(36)46/h4-19,24-25,35,46H,20-23H2,1-3H3. The Hall–Kier alpha value is -4.29. The van der Waals surface area contributed by atoms with Gasteiger partial charge in [-0.3, -0.25) is 9.78 Å². The number of halogens is 4. The molecule has 51 heavy (non-hydrogen) atoms. The van der Waals surface area contributed by atoms with Crippen molar-refractivity contribution in [3.05, 3.63) is 141 Å². The van der Waals surface area contributed by atoms with Crippen molar-refractivity contribution in [2.75, 3.05) is 19.6 Å². The summed E-state index contributed by atoms with van der Waals surface area (Å²) in [5.74, 6) is -1.71. The summed E-state index contributed by atoms with van der Waals surface area (Å²) in [6.07, 6.45) is 6.16. The number of benzene rings is 3. The summed E-state index contributed by atoms with van der Waals surface area (Å²) >= 11 is 12.3. The summed E-state index contributed by atoms with van der Waals surface area (Å²) in [5.41, 5.74) is 2.21. The summed E-state index contributed by atoms with van der Waals surface area (Å²) in [5, 5.41) is 10.6. The van der Waals surface area contributed by atoms with E-state index >= 15 is 0 Å². The van der Waals surface area contributed by atoms with Crippen LogP contribution in [0.3, 0.4) is 0 Å². The van der Waals surface area contributed by atoms with Crippen LogP contribution in [0.2, 0.25) is 10.0 Å². The first-order valence-electron chi connectivity index (χ1n) is 16.2. The highest BCUT2D eigenvalue weighted by Crippen LogP contribution is 2.38. The molecular formula is C38H37Cl2F2N3O5S. The number of rotatable bonds is 13. The van der Waals surface area contributed by atoms with Crippen molar-refractivity contribution in [1.29, 1.82) is 0 Å². The van der Waals surface area contributed by atoms with Gasteiger partial charge in [0.05, 0.1) is 10.6 Å². The number of pyridine rings is 1. The third-order valence-corrected chi connectivity index (χ3v) is 10.6. The van der Waals surface area contributed by atoms with Crippen LogP contribution in [-0.4, -0.2) is 59.4 Å². The lowest BCUT2D eigenvalue weighted by atomic mass is 9.86. The fourth-order valence-corrected chi connectivity index (χ4v) is 7.89. The van der Waals surface area contributed by atoms with Gasteiger partial charge in [-0.05, 0) is 89.4 Å². The van der Waals surface area contributed by atoms with Gasteiger partial charge in [-0.25, -0.2) is 17.2 Å². The van der Waals surface area contributed by atoms with Crippen LogP contribution in [0, 0.1) is 23.5 Å². The number of hydrogen-bond acceptors (Lipinski definition) is 6. The van der Waals surface area contributed by atoms with Gasteiger partial charge in [0.25, 0.3) is 5.91 Å². The maximum absolute atomic E-state index is 14.3. The smallest absolute Gasteiger partial charge is 0.255 e. The molecule has 1 heterocycles. The maximum Gasteiger partial charge on any atom is 0.255 e. The highest BCUT2D eigenvalue weighted by Gasteiger charge is 2.34. The van der Waals surface area contributed by atoms with E-state index < -0.39 is 44.3 Å². The second kappa shape index (κ2) is 16.4. The quantitative estimate of drug-likeness (QED) is 0.147. The second-order valence-corrected chi connectivity index (χ2v) is 15.5. The number of ether oxygens (including phenoxy) is 1. The van der Waals surface area contributed by atoms with Crippen LogP contribution < -0.4 is 4.74 Å². The molecule has 2 atom stereocenters. The highest BCUT2D eigenvalue weighted by molar-refractivity contribution is 7.89. The summed E-state index contributed by atoms with van der Waals surface area (Å²) in [6, 6.07) is 16.7. The minimum Gasteiger partial charge on any atom is -0.505 e. The summed E-state index contributed by atoms with van der Waals surface area (Å²) in [7, 11) is -4.49.